The fourth-order valence-corrected chi connectivity index (χ4v) is 6.20. The van der Waals surface area contributed by atoms with E-state index < -0.39 is 22.5 Å². The molecule has 2 N–H and O–H groups in total. The lowest BCUT2D eigenvalue weighted by Crippen LogP contribution is -2.32. The van der Waals surface area contributed by atoms with Crippen LogP contribution in [0.25, 0.3) is 0 Å². The second kappa shape index (κ2) is 10.5. The van der Waals surface area contributed by atoms with Gasteiger partial charge in [0.15, 0.2) is 0 Å². The first-order chi connectivity index (χ1) is 18.5. The highest BCUT2D eigenvalue weighted by molar-refractivity contribution is 7.99. The molecule has 204 valence electrons. The topological polar surface area (TPSA) is 94.7 Å². The zero-order valence-corrected chi connectivity index (χ0v) is 23.2. The van der Waals surface area contributed by atoms with Gasteiger partial charge in [0.1, 0.15) is 17.0 Å². The Hall–Kier alpha value is -2.99. The van der Waals surface area contributed by atoms with E-state index in [2.05, 4.69) is 5.32 Å². The van der Waals surface area contributed by atoms with Crippen LogP contribution in [0.15, 0.2) is 51.0 Å². The van der Waals surface area contributed by atoms with Gasteiger partial charge in [-0.05, 0) is 53.1 Å². The number of carbonyl (C=O) groups excluding carboxylic acids is 2. The van der Waals surface area contributed by atoms with Crippen molar-refractivity contribution in [3.05, 3.63) is 79.2 Å². The van der Waals surface area contributed by atoms with Crippen molar-refractivity contribution in [2.45, 2.75) is 28.3 Å². The maximum atomic E-state index is 14.0. The number of carbonyl (C=O) groups is 2. The second-order valence-electron chi connectivity index (χ2n) is 8.74. The molecule has 0 spiro atoms. The minimum Gasteiger partial charge on any atom is -0.495 e. The van der Waals surface area contributed by atoms with Crippen LogP contribution >= 0.6 is 46.6 Å². The zero-order chi connectivity index (χ0) is 28.1. The van der Waals surface area contributed by atoms with Crippen molar-refractivity contribution in [1.82, 2.24) is 15.2 Å². The molecule has 0 bridgehead atoms. The third-order valence-electron chi connectivity index (χ3n) is 6.31. The minimum atomic E-state index is -3.89. The third kappa shape index (κ3) is 5.28. The number of anilines is 1. The van der Waals surface area contributed by atoms with Crippen LogP contribution in [-0.4, -0.2) is 42.0 Å². The smallest absolute Gasteiger partial charge is 0.362 e. The Bertz CT molecular complexity index is 1540. The van der Waals surface area contributed by atoms with Gasteiger partial charge >= 0.3 is 11.4 Å². The molecule has 3 aromatic rings. The van der Waals surface area contributed by atoms with E-state index >= 15 is 0 Å². The fraction of sp³-hybridized carbons (Fsp3) is 0.240. The van der Waals surface area contributed by atoms with Gasteiger partial charge in [-0.15, -0.1) is 0 Å². The molecular formula is C25H19Cl3F2N4O4S. The Kier molecular flexibility index (Phi) is 7.45. The number of aromatic amines is 1. The lowest BCUT2D eigenvalue weighted by Gasteiger charge is -2.19. The molecule has 1 aromatic heterocycles. The average molecular weight is 616 g/mol. The number of aromatic nitrogens is 1. The zero-order valence-electron chi connectivity index (χ0n) is 20.1. The van der Waals surface area contributed by atoms with Crippen molar-refractivity contribution in [2.75, 3.05) is 25.1 Å². The standard InChI is InChI=1S/C25H19Cl3F2N4O4S/c1-38-17-8-13-11-33(10-12(13)7-16(17)34-6-5-31-24(34)37)23(36)20-18(9-19(25(28,29)30)32-22(20)35)39-21-14(26)3-2-4-15(21)27/h2-4,7-9H,5-6,10-11H2,1H3,(H,31,37)(H,32,35). The number of fused-ring (bicyclic) bond motifs is 1. The number of hydrogen-bond donors (Lipinski definition) is 2. The molecule has 0 radical (unpaired) electrons. The molecular weight excluding hydrogens is 597 g/mol. The maximum Gasteiger partial charge on any atom is 0.362 e. The Morgan fingerprint density at radius 3 is 2.36 bits per heavy atom. The maximum absolute atomic E-state index is 14.0. The summed E-state index contributed by atoms with van der Waals surface area (Å²) in [6.45, 7) is 1.18. The Morgan fingerprint density at radius 2 is 1.77 bits per heavy atom. The van der Waals surface area contributed by atoms with Crippen molar-refractivity contribution >= 4 is 64.2 Å². The summed E-state index contributed by atoms with van der Waals surface area (Å²) in [7, 11) is 1.48. The highest BCUT2D eigenvalue weighted by atomic mass is 35.5. The van der Waals surface area contributed by atoms with E-state index in [0.29, 0.717) is 24.5 Å². The van der Waals surface area contributed by atoms with Crippen LogP contribution in [0, 0.1) is 0 Å². The van der Waals surface area contributed by atoms with Crippen molar-refractivity contribution in [1.29, 1.82) is 0 Å². The molecule has 0 atom stereocenters. The van der Waals surface area contributed by atoms with Gasteiger partial charge in [-0.25, -0.2) is 4.79 Å². The molecule has 0 unspecified atom stereocenters. The van der Waals surface area contributed by atoms with E-state index in [9.17, 15) is 23.2 Å². The predicted molar refractivity (Wildman–Crippen MR) is 145 cm³/mol. The normalized spacial score (nSPS) is 15.0. The van der Waals surface area contributed by atoms with Crippen LogP contribution in [0.3, 0.4) is 0 Å². The number of rotatable bonds is 6. The largest absolute Gasteiger partial charge is 0.495 e. The molecule has 1 fully saturated rings. The molecule has 8 nitrogen and oxygen atoms in total. The highest BCUT2D eigenvalue weighted by Gasteiger charge is 2.35. The van der Waals surface area contributed by atoms with Crippen LogP contribution in [-0.2, 0) is 18.5 Å². The molecule has 3 heterocycles. The van der Waals surface area contributed by atoms with Gasteiger partial charge in [-0.3, -0.25) is 14.5 Å². The molecule has 0 saturated carbocycles. The summed E-state index contributed by atoms with van der Waals surface area (Å²) in [6, 6.07) is 8.89. The van der Waals surface area contributed by atoms with E-state index in [1.165, 1.54) is 12.0 Å². The number of H-pyrrole nitrogens is 1. The molecule has 2 aliphatic heterocycles. The van der Waals surface area contributed by atoms with Crippen LogP contribution < -0.4 is 20.5 Å². The van der Waals surface area contributed by atoms with Crippen LogP contribution in [0.4, 0.5) is 19.3 Å². The molecule has 1 saturated heterocycles. The highest BCUT2D eigenvalue weighted by Crippen LogP contribution is 2.42. The van der Waals surface area contributed by atoms with E-state index in [0.717, 1.165) is 29.0 Å². The SMILES string of the molecule is COc1cc2c(cc1N1CCNC1=O)CN(C(=O)c1c(Sc3c(Cl)cccc3Cl)cc(C(F)(F)Cl)[nH]c1=O)C2. The Morgan fingerprint density at radius 1 is 1.10 bits per heavy atom. The number of pyridine rings is 1. The van der Waals surface area contributed by atoms with Crippen molar-refractivity contribution < 1.29 is 23.1 Å². The summed E-state index contributed by atoms with van der Waals surface area (Å²) >= 11 is 18.5. The number of benzene rings is 2. The summed E-state index contributed by atoms with van der Waals surface area (Å²) in [6.07, 6.45) is 0. The summed E-state index contributed by atoms with van der Waals surface area (Å²) in [5.41, 5.74) is -0.211. The van der Waals surface area contributed by atoms with Crippen molar-refractivity contribution in [2.24, 2.45) is 0 Å². The number of ether oxygens (including phenoxy) is 1. The minimum absolute atomic E-state index is 0.0861. The molecule has 3 amide bonds. The fourth-order valence-electron chi connectivity index (χ4n) is 4.45. The van der Waals surface area contributed by atoms with E-state index in [1.807, 2.05) is 4.98 Å². The number of halogens is 5. The summed E-state index contributed by atoms with van der Waals surface area (Å²) in [5.74, 6) is -0.238. The second-order valence-corrected chi connectivity index (χ2v) is 11.1. The van der Waals surface area contributed by atoms with E-state index in [-0.39, 0.29) is 44.5 Å². The van der Waals surface area contributed by atoms with Crippen LogP contribution in [0.5, 0.6) is 5.75 Å². The Labute approximate surface area is 240 Å². The molecule has 39 heavy (non-hydrogen) atoms. The van der Waals surface area contributed by atoms with Gasteiger partial charge in [-0.2, -0.15) is 8.78 Å². The van der Waals surface area contributed by atoms with Gasteiger partial charge in [0.25, 0.3) is 11.5 Å². The first-order valence-electron chi connectivity index (χ1n) is 11.5. The van der Waals surface area contributed by atoms with Crippen molar-refractivity contribution in [3.63, 3.8) is 0 Å². The number of alkyl halides is 3. The lowest BCUT2D eigenvalue weighted by molar-refractivity contribution is 0.0740. The molecule has 5 rings (SSSR count). The summed E-state index contributed by atoms with van der Waals surface area (Å²) in [5, 5.41) is -0.729. The summed E-state index contributed by atoms with van der Waals surface area (Å²) < 4.78 is 33.5. The first kappa shape index (κ1) is 27.6. The molecule has 14 heteroatoms. The van der Waals surface area contributed by atoms with Crippen LogP contribution in [0.2, 0.25) is 10.0 Å². The summed E-state index contributed by atoms with van der Waals surface area (Å²) in [4.78, 5) is 44.2. The number of methoxy groups -OCH3 is 1. The van der Waals surface area contributed by atoms with Gasteiger partial charge in [0, 0.05) is 36.0 Å². The quantitative estimate of drug-likeness (QED) is 0.341. The number of urea groups is 1. The monoisotopic (exact) mass is 614 g/mol. The third-order valence-corrected chi connectivity index (χ3v) is 8.55. The van der Waals surface area contributed by atoms with Gasteiger partial charge in [0.2, 0.25) is 0 Å². The average Bonchev–Trinajstić information content (AvgIpc) is 3.49. The van der Waals surface area contributed by atoms with Gasteiger partial charge in [-0.1, -0.05) is 41.0 Å². The number of nitrogens with one attached hydrogen (secondary N) is 2. The van der Waals surface area contributed by atoms with Crippen LogP contribution in [0.1, 0.15) is 27.2 Å². The van der Waals surface area contributed by atoms with E-state index in [1.54, 1.807) is 35.2 Å². The number of nitrogens with zero attached hydrogens (tertiary/aromatic N) is 2. The molecule has 0 aliphatic carbocycles. The molecule has 2 aromatic carbocycles. The Balaban J connectivity index is 1.53. The van der Waals surface area contributed by atoms with Crippen molar-refractivity contribution in [3.8, 4) is 5.75 Å². The van der Waals surface area contributed by atoms with E-state index in [4.69, 9.17) is 39.5 Å². The number of amides is 3. The lowest BCUT2D eigenvalue weighted by atomic mass is 10.1. The predicted octanol–water partition coefficient (Wildman–Crippen LogP) is 5.82. The molecule has 2 aliphatic rings. The van der Waals surface area contributed by atoms with Gasteiger partial charge < -0.3 is 19.9 Å². The van der Waals surface area contributed by atoms with Gasteiger partial charge in [0.05, 0.1) is 22.8 Å². The number of hydrogen-bond acceptors (Lipinski definition) is 5. The first-order valence-corrected chi connectivity index (χ1v) is 13.4.